The molecule has 2 rings (SSSR count). The first-order valence-electron chi connectivity index (χ1n) is 12.8. The van der Waals surface area contributed by atoms with E-state index in [2.05, 4.69) is 5.43 Å². The van der Waals surface area contributed by atoms with Gasteiger partial charge < -0.3 is 19.8 Å². The molecule has 3 amide bonds. The van der Waals surface area contributed by atoms with E-state index in [0.29, 0.717) is 24.8 Å². The van der Waals surface area contributed by atoms with Crippen molar-refractivity contribution >= 4 is 18.2 Å². The maximum atomic E-state index is 13.5. The Kier molecular flexibility index (Phi) is 11.9. The van der Waals surface area contributed by atoms with Crippen LogP contribution in [-0.4, -0.2) is 81.8 Å². The summed E-state index contributed by atoms with van der Waals surface area (Å²) in [6.45, 7) is 5.66. The molecule has 0 spiro atoms. The molecule has 38 heavy (non-hydrogen) atoms. The second-order valence-corrected chi connectivity index (χ2v) is 9.18. The Hall–Kier alpha value is -3.28. The number of methoxy groups -OCH3 is 1. The summed E-state index contributed by atoms with van der Waals surface area (Å²) in [6.07, 6.45) is 4.23. The normalized spacial score (nSPS) is 19.8. The van der Waals surface area contributed by atoms with Crippen molar-refractivity contribution in [1.29, 1.82) is 0 Å². The topological polar surface area (TPSA) is 123 Å². The van der Waals surface area contributed by atoms with Crippen molar-refractivity contribution in [3.8, 4) is 0 Å². The van der Waals surface area contributed by atoms with Crippen LogP contribution in [0, 0.1) is 5.82 Å². The number of carbonyl (C=O) groups is 3. The van der Waals surface area contributed by atoms with Crippen LogP contribution in [-0.2, 0) is 25.7 Å². The van der Waals surface area contributed by atoms with Crippen LogP contribution in [0.3, 0.4) is 0 Å². The van der Waals surface area contributed by atoms with E-state index in [1.165, 1.54) is 37.1 Å². The van der Waals surface area contributed by atoms with Crippen LogP contribution in [0.4, 0.5) is 4.39 Å². The first-order chi connectivity index (χ1) is 18.1. The quantitative estimate of drug-likeness (QED) is 0.137. The van der Waals surface area contributed by atoms with E-state index in [4.69, 9.17) is 4.74 Å². The molecule has 10 nitrogen and oxygen atoms in total. The van der Waals surface area contributed by atoms with Gasteiger partial charge in [-0.25, -0.2) is 9.82 Å². The molecule has 2 atom stereocenters. The maximum Gasteiger partial charge on any atom is 0.272 e. The number of amides is 3. The number of nitrogens with zero attached hydrogens (tertiary/aromatic N) is 3. The Morgan fingerprint density at radius 2 is 1.97 bits per heavy atom. The molecule has 3 N–H and O–H groups in total. The standard InChI is InChI=1S/C27H39FN4O6/c1-5-7-12-27(6-2)30(13-14-38-4)26(37)24(31(27)19-33)16-23(35)18-32(25(36)15-20(3)34)29-17-21-8-10-22(28)11-9-21/h8-11,15-16,19,23,29,34-35H,5-7,12-14,17-18H2,1-4H3/b20-15?,24-16+. The van der Waals surface area contributed by atoms with Crippen molar-refractivity contribution in [3.63, 3.8) is 0 Å². The molecule has 0 aliphatic carbocycles. The Bertz CT molecular complexity index is 1010. The molecular weight excluding hydrogens is 495 g/mol. The fourth-order valence-electron chi connectivity index (χ4n) is 4.54. The predicted octanol–water partition coefficient (Wildman–Crippen LogP) is 2.61. The van der Waals surface area contributed by atoms with Gasteiger partial charge in [0.05, 0.1) is 25.0 Å². The minimum Gasteiger partial charge on any atom is -0.512 e. The first-order valence-corrected chi connectivity index (χ1v) is 12.8. The number of hydrazine groups is 1. The lowest BCUT2D eigenvalue weighted by Gasteiger charge is -2.41. The van der Waals surface area contributed by atoms with Gasteiger partial charge in [-0.1, -0.05) is 32.4 Å². The third-order valence-corrected chi connectivity index (χ3v) is 6.50. The number of ether oxygens (including phenoxy) is 1. The third-order valence-electron chi connectivity index (χ3n) is 6.50. The van der Waals surface area contributed by atoms with Gasteiger partial charge in [0.25, 0.3) is 11.8 Å². The third kappa shape index (κ3) is 7.62. The van der Waals surface area contributed by atoms with Crippen LogP contribution in [0.2, 0.25) is 0 Å². The van der Waals surface area contributed by atoms with Crippen LogP contribution in [0.15, 0.2) is 47.9 Å². The molecule has 1 aliphatic heterocycles. The second kappa shape index (κ2) is 14.6. The smallest absolute Gasteiger partial charge is 0.272 e. The highest BCUT2D eigenvalue weighted by Gasteiger charge is 2.52. The van der Waals surface area contributed by atoms with Crippen LogP contribution in [0.25, 0.3) is 0 Å². The van der Waals surface area contributed by atoms with E-state index >= 15 is 0 Å². The van der Waals surface area contributed by atoms with Crippen LogP contribution >= 0.6 is 0 Å². The lowest BCUT2D eigenvalue weighted by molar-refractivity contribution is -0.134. The molecule has 1 aliphatic rings. The molecular formula is C27H39FN4O6. The zero-order valence-corrected chi connectivity index (χ0v) is 22.5. The highest BCUT2D eigenvalue weighted by Crippen LogP contribution is 2.39. The molecule has 0 bridgehead atoms. The number of allylic oxidation sites excluding steroid dienone is 1. The summed E-state index contributed by atoms with van der Waals surface area (Å²) in [5.41, 5.74) is 2.69. The van der Waals surface area contributed by atoms with Gasteiger partial charge in [0.2, 0.25) is 6.41 Å². The number of benzene rings is 1. The van der Waals surface area contributed by atoms with E-state index in [1.807, 2.05) is 13.8 Å². The maximum absolute atomic E-state index is 13.5. The average molecular weight is 535 g/mol. The zero-order chi connectivity index (χ0) is 28.3. The highest BCUT2D eigenvalue weighted by atomic mass is 19.1. The number of hydrogen-bond acceptors (Lipinski definition) is 7. The molecule has 1 aromatic rings. The van der Waals surface area contributed by atoms with E-state index in [0.717, 1.165) is 23.9 Å². The SMILES string of the molecule is CCCCC1(CC)N(CCOC)C(=O)/C(=C\C(O)CN(NCc2ccc(F)cc2)C(=O)C=C(C)O)N1C=O. The van der Waals surface area contributed by atoms with Gasteiger partial charge in [-0.3, -0.25) is 24.3 Å². The molecule has 210 valence electrons. The molecule has 0 radical (unpaired) electrons. The summed E-state index contributed by atoms with van der Waals surface area (Å²) >= 11 is 0. The van der Waals surface area contributed by atoms with Crippen molar-refractivity contribution in [3.05, 3.63) is 59.3 Å². The molecule has 11 heteroatoms. The van der Waals surface area contributed by atoms with Crippen molar-refractivity contribution in [2.45, 2.75) is 64.8 Å². The molecule has 2 unspecified atom stereocenters. The first kappa shape index (κ1) is 30.9. The summed E-state index contributed by atoms with van der Waals surface area (Å²) < 4.78 is 18.4. The van der Waals surface area contributed by atoms with Crippen LogP contribution in [0.5, 0.6) is 0 Å². The van der Waals surface area contributed by atoms with Gasteiger partial charge >= 0.3 is 0 Å². The van der Waals surface area contributed by atoms with Crippen molar-refractivity contribution in [2.75, 3.05) is 26.8 Å². The van der Waals surface area contributed by atoms with E-state index in [9.17, 15) is 29.0 Å². The van der Waals surface area contributed by atoms with Gasteiger partial charge in [-0.2, -0.15) is 0 Å². The molecule has 1 aromatic carbocycles. The number of aliphatic hydroxyl groups is 2. The molecule has 1 fully saturated rings. The Morgan fingerprint density at radius 1 is 1.29 bits per heavy atom. The summed E-state index contributed by atoms with van der Waals surface area (Å²) in [7, 11) is 1.53. The fraction of sp³-hybridized carbons (Fsp3) is 0.519. The highest BCUT2D eigenvalue weighted by molar-refractivity contribution is 5.98. The number of halogens is 1. The fourth-order valence-corrected chi connectivity index (χ4v) is 4.54. The van der Waals surface area contributed by atoms with Crippen molar-refractivity contribution in [1.82, 2.24) is 20.2 Å². The van der Waals surface area contributed by atoms with E-state index < -0.39 is 29.4 Å². The van der Waals surface area contributed by atoms with Gasteiger partial charge in [-0.05, 0) is 50.0 Å². The summed E-state index contributed by atoms with van der Waals surface area (Å²) in [5, 5.41) is 21.6. The monoisotopic (exact) mass is 534 g/mol. The largest absolute Gasteiger partial charge is 0.512 e. The van der Waals surface area contributed by atoms with E-state index in [-0.39, 0.29) is 37.7 Å². The van der Waals surface area contributed by atoms with Crippen molar-refractivity contribution in [2.24, 2.45) is 0 Å². The number of carbonyl (C=O) groups excluding carboxylic acids is 3. The molecule has 0 aromatic heterocycles. The molecule has 1 saturated heterocycles. The molecule has 1 heterocycles. The minimum atomic E-state index is -1.34. The second-order valence-electron chi connectivity index (χ2n) is 9.18. The van der Waals surface area contributed by atoms with Gasteiger partial charge in [0.1, 0.15) is 17.2 Å². The predicted molar refractivity (Wildman–Crippen MR) is 139 cm³/mol. The number of aliphatic hydroxyl groups excluding tert-OH is 2. The Balaban J connectivity index is 2.34. The number of nitrogens with one attached hydrogen (secondary N) is 1. The Labute approximate surface area is 223 Å². The number of unbranched alkanes of at least 4 members (excludes halogenated alkanes) is 1. The van der Waals surface area contributed by atoms with Gasteiger partial charge in [-0.15, -0.1) is 0 Å². The van der Waals surface area contributed by atoms with Gasteiger partial charge in [0, 0.05) is 26.3 Å². The number of rotatable bonds is 15. The van der Waals surface area contributed by atoms with Crippen LogP contribution in [0.1, 0.15) is 52.0 Å². The lowest BCUT2D eigenvalue weighted by Crippen LogP contribution is -2.54. The summed E-state index contributed by atoms with van der Waals surface area (Å²) in [4.78, 5) is 41.5. The molecule has 0 saturated carbocycles. The summed E-state index contributed by atoms with van der Waals surface area (Å²) in [6, 6.07) is 5.66. The van der Waals surface area contributed by atoms with E-state index in [1.54, 1.807) is 17.0 Å². The summed E-state index contributed by atoms with van der Waals surface area (Å²) in [5.74, 6) is -1.67. The minimum absolute atomic E-state index is 0.0290. The van der Waals surface area contributed by atoms with Crippen LogP contribution < -0.4 is 5.43 Å². The van der Waals surface area contributed by atoms with Gasteiger partial charge in [0.15, 0.2) is 0 Å². The average Bonchev–Trinajstić information content (AvgIpc) is 3.10. The number of hydrogen-bond donors (Lipinski definition) is 3. The van der Waals surface area contributed by atoms with Crippen molar-refractivity contribution < 1.29 is 33.7 Å². The Morgan fingerprint density at radius 3 is 2.53 bits per heavy atom. The lowest BCUT2D eigenvalue weighted by atomic mass is 9.97. The zero-order valence-electron chi connectivity index (χ0n) is 22.5.